The first-order valence-electron chi connectivity index (χ1n) is 13.8. The van der Waals surface area contributed by atoms with E-state index in [4.69, 9.17) is 9.16 Å². The second-order valence-corrected chi connectivity index (χ2v) is 18.4. The number of allylic oxidation sites excluding steroid dienone is 1. The van der Waals surface area contributed by atoms with Crippen molar-refractivity contribution in [2.45, 2.75) is 123 Å². The molecule has 3 aliphatic rings. The molecule has 0 amide bonds. The van der Waals surface area contributed by atoms with Crippen LogP contribution in [-0.4, -0.2) is 50.3 Å². The third-order valence-corrected chi connectivity index (χ3v) is 16.0. The first kappa shape index (κ1) is 29.2. The van der Waals surface area contributed by atoms with Gasteiger partial charge in [0.2, 0.25) is 8.32 Å². The zero-order chi connectivity index (χ0) is 27.4. The molecule has 0 aromatic carbocycles. The summed E-state index contributed by atoms with van der Waals surface area (Å²) in [6, 6.07) is 0. The SMILES string of the molecule is COC(=O)[C@@]12CCCC(O)C1C(=O)[C@@H]1CCC(C)=C([C@H](O[Si](C(C)C)(C(C)C)C(C)C)C2=O)C1(C)C. The van der Waals surface area contributed by atoms with Gasteiger partial charge in [0.1, 0.15) is 17.3 Å². The Morgan fingerprint density at radius 2 is 1.58 bits per heavy atom. The molecule has 2 fully saturated rings. The Labute approximate surface area is 218 Å². The van der Waals surface area contributed by atoms with Crippen molar-refractivity contribution in [3.63, 3.8) is 0 Å². The van der Waals surface area contributed by atoms with Gasteiger partial charge in [-0.25, -0.2) is 0 Å². The number of carbonyl (C=O) groups excluding carboxylic acids is 3. The highest BCUT2D eigenvalue weighted by Gasteiger charge is 2.67. The molecule has 3 rings (SSSR count). The third kappa shape index (κ3) is 4.08. The largest absolute Gasteiger partial charge is 0.468 e. The number of methoxy groups -OCH3 is 1. The van der Waals surface area contributed by atoms with Gasteiger partial charge in [-0.15, -0.1) is 0 Å². The van der Waals surface area contributed by atoms with Crippen molar-refractivity contribution in [2.75, 3.05) is 7.11 Å². The van der Waals surface area contributed by atoms with Crippen LogP contribution < -0.4 is 0 Å². The molecular weight excluding hydrogens is 472 g/mol. The highest BCUT2D eigenvalue weighted by atomic mass is 28.4. The number of ketones is 2. The molecule has 0 aliphatic heterocycles. The van der Waals surface area contributed by atoms with Crippen molar-refractivity contribution in [3.05, 3.63) is 11.1 Å². The molecule has 0 aromatic rings. The quantitative estimate of drug-likeness (QED) is 0.207. The molecule has 2 saturated carbocycles. The number of esters is 1. The van der Waals surface area contributed by atoms with E-state index in [2.05, 4.69) is 41.5 Å². The van der Waals surface area contributed by atoms with Gasteiger partial charge in [0, 0.05) is 5.92 Å². The number of aliphatic hydroxyl groups is 1. The summed E-state index contributed by atoms with van der Waals surface area (Å²) < 4.78 is 12.5. The van der Waals surface area contributed by atoms with Crippen LogP contribution in [0.2, 0.25) is 16.6 Å². The van der Waals surface area contributed by atoms with E-state index in [1.165, 1.54) is 7.11 Å². The molecule has 0 spiro atoms. The second kappa shape index (κ2) is 10.1. The molecule has 3 aliphatic carbocycles. The summed E-state index contributed by atoms with van der Waals surface area (Å²) >= 11 is 0. The lowest BCUT2D eigenvalue weighted by atomic mass is 9.50. The van der Waals surface area contributed by atoms with Crippen LogP contribution in [0.1, 0.15) is 94.4 Å². The number of rotatable bonds is 6. The van der Waals surface area contributed by atoms with Crippen molar-refractivity contribution in [1.82, 2.24) is 0 Å². The lowest BCUT2D eigenvalue weighted by Gasteiger charge is -2.55. The summed E-state index contributed by atoms with van der Waals surface area (Å²) in [6.45, 7) is 19.2. The molecule has 0 heterocycles. The summed E-state index contributed by atoms with van der Waals surface area (Å²) in [6.07, 6.45) is 0.435. The van der Waals surface area contributed by atoms with Crippen molar-refractivity contribution >= 4 is 25.9 Å². The Bertz CT molecular complexity index is 910. The first-order chi connectivity index (χ1) is 16.6. The van der Waals surface area contributed by atoms with Gasteiger partial charge in [0.05, 0.1) is 19.1 Å². The Hall–Kier alpha value is -1.31. The zero-order valence-corrected chi connectivity index (χ0v) is 25.1. The predicted molar refractivity (Wildman–Crippen MR) is 143 cm³/mol. The number of aliphatic hydroxyl groups excluding tert-OH is 1. The molecule has 7 heteroatoms. The molecule has 0 aromatic heterocycles. The lowest BCUT2D eigenvalue weighted by molar-refractivity contribution is -0.180. The molecular formula is C29H48O6Si. The minimum atomic E-state index is -2.57. The molecule has 2 unspecified atom stereocenters. The van der Waals surface area contributed by atoms with Gasteiger partial charge < -0.3 is 14.3 Å². The van der Waals surface area contributed by atoms with E-state index >= 15 is 0 Å². The minimum Gasteiger partial charge on any atom is -0.468 e. The number of ether oxygens (including phenoxy) is 1. The van der Waals surface area contributed by atoms with Crippen molar-refractivity contribution in [1.29, 1.82) is 0 Å². The van der Waals surface area contributed by atoms with Crippen molar-refractivity contribution in [2.24, 2.45) is 22.7 Å². The van der Waals surface area contributed by atoms with Crippen LogP contribution in [0.4, 0.5) is 0 Å². The van der Waals surface area contributed by atoms with E-state index in [9.17, 15) is 19.5 Å². The van der Waals surface area contributed by atoms with Crippen LogP contribution in [0.3, 0.4) is 0 Å². The van der Waals surface area contributed by atoms with E-state index in [1.807, 2.05) is 20.8 Å². The maximum absolute atomic E-state index is 14.9. The Morgan fingerprint density at radius 3 is 2.08 bits per heavy atom. The Balaban J connectivity index is 2.39. The van der Waals surface area contributed by atoms with Crippen LogP contribution >= 0.6 is 0 Å². The second-order valence-electron chi connectivity index (χ2n) is 13.0. The summed E-state index contributed by atoms with van der Waals surface area (Å²) in [5, 5.41) is 11.2. The molecule has 2 bridgehead atoms. The number of carbonyl (C=O) groups is 3. The van der Waals surface area contributed by atoms with E-state index in [-0.39, 0.29) is 34.6 Å². The molecule has 1 N–H and O–H groups in total. The third-order valence-electron chi connectivity index (χ3n) is 9.99. The van der Waals surface area contributed by atoms with Gasteiger partial charge in [-0.3, -0.25) is 14.4 Å². The first-order valence-corrected chi connectivity index (χ1v) is 16.0. The zero-order valence-electron chi connectivity index (χ0n) is 24.1. The fourth-order valence-corrected chi connectivity index (χ4v) is 13.9. The summed E-state index contributed by atoms with van der Waals surface area (Å²) in [5.41, 5.74) is 0.322. The highest BCUT2D eigenvalue weighted by molar-refractivity contribution is 6.77. The van der Waals surface area contributed by atoms with Gasteiger partial charge in [-0.1, -0.05) is 61.0 Å². The molecule has 0 radical (unpaired) electrons. The lowest BCUT2D eigenvalue weighted by Crippen LogP contribution is -2.65. The van der Waals surface area contributed by atoms with E-state index in [1.54, 1.807) is 0 Å². The number of Topliss-reactive ketones (excluding diaryl/α,β-unsaturated/α-hetero) is 2. The van der Waals surface area contributed by atoms with Crippen LogP contribution in [0.15, 0.2) is 11.1 Å². The van der Waals surface area contributed by atoms with Crippen molar-refractivity contribution in [3.8, 4) is 0 Å². The molecule has 5 atom stereocenters. The maximum Gasteiger partial charge on any atom is 0.320 e. The number of hydrogen-bond acceptors (Lipinski definition) is 6. The van der Waals surface area contributed by atoms with E-state index < -0.39 is 49.2 Å². The summed E-state index contributed by atoms with van der Waals surface area (Å²) in [4.78, 5) is 42.7. The van der Waals surface area contributed by atoms with Crippen LogP contribution in [0.25, 0.3) is 0 Å². The normalized spacial score (nSPS) is 33.1. The summed E-state index contributed by atoms with van der Waals surface area (Å²) in [7, 11) is -1.30. The topological polar surface area (TPSA) is 89.9 Å². The maximum atomic E-state index is 14.9. The molecule has 0 saturated heterocycles. The van der Waals surface area contributed by atoms with Gasteiger partial charge in [0.25, 0.3) is 0 Å². The van der Waals surface area contributed by atoms with Gasteiger partial charge in [-0.05, 0) is 66.6 Å². The van der Waals surface area contributed by atoms with Crippen LogP contribution in [-0.2, 0) is 23.5 Å². The van der Waals surface area contributed by atoms with E-state index in [0.29, 0.717) is 25.7 Å². The number of hydrogen-bond donors (Lipinski definition) is 1. The smallest absolute Gasteiger partial charge is 0.320 e. The Kier molecular flexibility index (Phi) is 8.21. The molecule has 36 heavy (non-hydrogen) atoms. The van der Waals surface area contributed by atoms with Crippen LogP contribution in [0.5, 0.6) is 0 Å². The van der Waals surface area contributed by atoms with Gasteiger partial charge in [-0.2, -0.15) is 0 Å². The highest BCUT2D eigenvalue weighted by Crippen LogP contribution is 2.57. The number of fused-ring (bicyclic) bond motifs is 3. The van der Waals surface area contributed by atoms with Crippen LogP contribution in [0, 0.1) is 22.7 Å². The Morgan fingerprint density at radius 1 is 1.03 bits per heavy atom. The predicted octanol–water partition coefficient (Wildman–Crippen LogP) is 5.77. The standard InChI is InChI=1S/C29H48O6Si/c1-16(2)36(17(3)4,18(5)6)35-25-22-19(7)13-14-20(28(22,8)9)24(31)23-21(30)12-11-15-29(23,26(25)32)27(33)34-10/h16-18,20-21,23,25,30H,11-15H2,1-10H3/t20-,21?,23?,25-,29-/m0/s1. The van der Waals surface area contributed by atoms with E-state index in [0.717, 1.165) is 11.1 Å². The monoisotopic (exact) mass is 520 g/mol. The fraction of sp³-hybridized carbons (Fsp3) is 0.828. The average molecular weight is 521 g/mol. The molecule has 204 valence electrons. The minimum absolute atomic E-state index is 0.172. The van der Waals surface area contributed by atoms with Gasteiger partial charge >= 0.3 is 5.97 Å². The van der Waals surface area contributed by atoms with Crippen molar-refractivity contribution < 1.29 is 28.7 Å². The average Bonchev–Trinajstić information content (AvgIpc) is 2.77. The van der Waals surface area contributed by atoms with Gasteiger partial charge in [0.15, 0.2) is 5.78 Å². The summed E-state index contributed by atoms with van der Waals surface area (Å²) in [5.74, 6) is -2.76. The fourth-order valence-electron chi connectivity index (χ4n) is 8.42. The molecule has 6 nitrogen and oxygen atoms in total.